The zero-order valence-electron chi connectivity index (χ0n) is 15.7. The standard InChI is InChI=1S/C18H25N5O3S/c1-3-23-16(12-22-7-9-26-10-8-22)20-21-18(23)27-13-17(24)19-14-5-4-6-15(11-14)25-2/h4-6,11H,3,7-10,12-13H2,1-2H3,(H,19,24). The van der Waals surface area contributed by atoms with Crippen molar-refractivity contribution in [1.29, 1.82) is 0 Å². The fourth-order valence-electron chi connectivity index (χ4n) is 2.85. The van der Waals surface area contributed by atoms with Crippen molar-refractivity contribution < 1.29 is 14.3 Å². The Kier molecular flexibility index (Phi) is 7.08. The Hall–Kier alpha value is -2.10. The van der Waals surface area contributed by atoms with Gasteiger partial charge in [0.15, 0.2) is 5.16 Å². The SMILES string of the molecule is CCn1c(CN2CCOCC2)nnc1SCC(=O)Nc1cccc(OC)c1. The minimum atomic E-state index is -0.0892. The first-order valence-electron chi connectivity index (χ1n) is 8.98. The normalized spacial score (nSPS) is 14.9. The van der Waals surface area contributed by atoms with Crippen molar-refractivity contribution in [3.05, 3.63) is 30.1 Å². The quantitative estimate of drug-likeness (QED) is 0.688. The maximum absolute atomic E-state index is 12.3. The molecule has 1 saturated heterocycles. The molecule has 8 nitrogen and oxygen atoms in total. The number of thioether (sulfide) groups is 1. The van der Waals surface area contributed by atoms with Crippen LogP contribution in [0, 0.1) is 0 Å². The van der Waals surface area contributed by atoms with Gasteiger partial charge in [-0.05, 0) is 19.1 Å². The Morgan fingerprint density at radius 1 is 1.33 bits per heavy atom. The molecule has 0 saturated carbocycles. The highest BCUT2D eigenvalue weighted by Crippen LogP contribution is 2.20. The maximum atomic E-state index is 12.3. The number of aromatic nitrogens is 3. The Morgan fingerprint density at radius 2 is 2.15 bits per heavy atom. The van der Waals surface area contributed by atoms with Gasteiger partial charge in [0.1, 0.15) is 11.6 Å². The van der Waals surface area contributed by atoms with Crippen molar-refractivity contribution in [3.63, 3.8) is 0 Å². The molecule has 2 heterocycles. The van der Waals surface area contributed by atoms with Crippen LogP contribution in [0.15, 0.2) is 29.4 Å². The second-order valence-electron chi connectivity index (χ2n) is 6.10. The smallest absolute Gasteiger partial charge is 0.234 e. The van der Waals surface area contributed by atoms with Gasteiger partial charge in [-0.25, -0.2) is 0 Å². The predicted molar refractivity (Wildman–Crippen MR) is 104 cm³/mol. The molecule has 0 aliphatic carbocycles. The van der Waals surface area contributed by atoms with E-state index in [1.807, 2.05) is 18.2 Å². The van der Waals surface area contributed by atoms with Crippen LogP contribution in [0.4, 0.5) is 5.69 Å². The third-order valence-corrected chi connectivity index (χ3v) is 5.23. The van der Waals surface area contributed by atoms with Crippen molar-refractivity contribution in [2.45, 2.75) is 25.2 Å². The lowest BCUT2D eigenvalue weighted by atomic mass is 10.3. The highest BCUT2D eigenvalue weighted by atomic mass is 32.2. The molecule has 1 N–H and O–H groups in total. The summed E-state index contributed by atoms with van der Waals surface area (Å²) in [6.07, 6.45) is 0. The molecule has 146 valence electrons. The fourth-order valence-corrected chi connectivity index (χ4v) is 3.67. The van der Waals surface area contributed by atoms with Crippen LogP contribution < -0.4 is 10.1 Å². The summed E-state index contributed by atoms with van der Waals surface area (Å²) in [6, 6.07) is 7.30. The number of hydrogen-bond acceptors (Lipinski definition) is 7. The minimum Gasteiger partial charge on any atom is -0.497 e. The Bertz CT molecular complexity index is 761. The van der Waals surface area contributed by atoms with Gasteiger partial charge in [0.2, 0.25) is 5.91 Å². The third-order valence-electron chi connectivity index (χ3n) is 4.26. The van der Waals surface area contributed by atoms with Gasteiger partial charge in [0, 0.05) is 31.4 Å². The van der Waals surface area contributed by atoms with E-state index in [9.17, 15) is 4.79 Å². The van der Waals surface area contributed by atoms with Gasteiger partial charge < -0.3 is 19.4 Å². The molecule has 1 aromatic carbocycles. The second kappa shape index (κ2) is 9.72. The van der Waals surface area contributed by atoms with E-state index in [1.54, 1.807) is 13.2 Å². The molecule has 0 spiro atoms. The number of nitrogens with one attached hydrogen (secondary N) is 1. The van der Waals surface area contributed by atoms with Gasteiger partial charge in [0.05, 0.1) is 32.6 Å². The first-order chi connectivity index (χ1) is 13.2. The molecular weight excluding hydrogens is 366 g/mol. The Morgan fingerprint density at radius 3 is 2.89 bits per heavy atom. The summed E-state index contributed by atoms with van der Waals surface area (Å²) in [5.41, 5.74) is 0.713. The topological polar surface area (TPSA) is 81.5 Å². The highest BCUT2D eigenvalue weighted by molar-refractivity contribution is 7.99. The molecule has 0 unspecified atom stereocenters. The number of ether oxygens (including phenoxy) is 2. The number of amides is 1. The fraction of sp³-hybridized carbons (Fsp3) is 0.500. The lowest BCUT2D eigenvalue weighted by Gasteiger charge is -2.26. The summed E-state index contributed by atoms with van der Waals surface area (Å²) < 4.78 is 12.6. The molecule has 9 heteroatoms. The maximum Gasteiger partial charge on any atom is 0.234 e. The molecule has 1 aliphatic heterocycles. The van der Waals surface area contributed by atoms with Crippen LogP contribution in [0.25, 0.3) is 0 Å². The van der Waals surface area contributed by atoms with Crippen LogP contribution in [0.1, 0.15) is 12.7 Å². The summed E-state index contributed by atoms with van der Waals surface area (Å²) in [6.45, 7) is 6.91. The van der Waals surface area contributed by atoms with Crippen molar-refractivity contribution in [3.8, 4) is 5.75 Å². The van der Waals surface area contributed by atoms with Gasteiger partial charge in [-0.3, -0.25) is 9.69 Å². The number of carbonyl (C=O) groups is 1. The minimum absolute atomic E-state index is 0.0892. The Labute approximate surface area is 163 Å². The van der Waals surface area contributed by atoms with Crippen LogP contribution in [-0.4, -0.2) is 64.7 Å². The molecule has 1 fully saturated rings. The number of anilines is 1. The summed E-state index contributed by atoms with van der Waals surface area (Å²) in [5, 5.41) is 12.2. The van der Waals surface area contributed by atoms with E-state index in [0.717, 1.165) is 50.4 Å². The molecule has 3 rings (SSSR count). The molecule has 0 bridgehead atoms. The van der Waals surface area contributed by atoms with Crippen molar-refractivity contribution >= 4 is 23.4 Å². The van der Waals surface area contributed by atoms with E-state index in [2.05, 4.69) is 31.9 Å². The van der Waals surface area contributed by atoms with Crippen LogP contribution in [0.5, 0.6) is 5.75 Å². The monoisotopic (exact) mass is 391 g/mol. The van der Waals surface area contributed by atoms with Gasteiger partial charge in [0.25, 0.3) is 0 Å². The highest BCUT2D eigenvalue weighted by Gasteiger charge is 2.17. The lowest BCUT2D eigenvalue weighted by molar-refractivity contribution is -0.113. The molecule has 0 radical (unpaired) electrons. The third kappa shape index (κ3) is 5.44. The molecular formula is C18H25N5O3S. The van der Waals surface area contributed by atoms with E-state index in [0.29, 0.717) is 11.4 Å². The van der Waals surface area contributed by atoms with Crippen molar-refractivity contribution in [1.82, 2.24) is 19.7 Å². The molecule has 1 amide bonds. The number of carbonyl (C=O) groups excluding carboxylic acids is 1. The number of rotatable bonds is 8. The van der Waals surface area contributed by atoms with E-state index < -0.39 is 0 Å². The molecule has 0 atom stereocenters. The Balaban J connectivity index is 1.56. The second-order valence-corrected chi connectivity index (χ2v) is 7.04. The van der Waals surface area contributed by atoms with Gasteiger partial charge in [-0.2, -0.15) is 0 Å². The van der Waals surface area contributed by atoms with E-state index >= 15 is 0 Å². The van der Waals surface area contributed by atoms with E-state index in [1.165, 1.54) is 11.8 Å². The number of methoxy groups -OCH3 is 1. The van der Waals surface area contributed by atoms with E-state index in [4.69, 9.17) is 9.47 Å². The van der Waals surface area contributed by atoms with Crippen molar-refractivity contribution in [2.24, 2.45) is 0 Å². The molecule has 27 heavy (non-hydrogen) atoms. The van der Waals surface area contributed by atoms with Crippen molar-refractivity contribution in [2.75, 3.05) is 44.5 Å². The largest absolute Gasteiger partial charge is 0.497 e. The summed E-state index contributed by atoms with van der Waals surface area (Å²) >= 11 is 1.39. The van der Waals surface area contributed by atoms with Crippen LogP contribution in [0.2, 0.25) is 0 Å². The van der Waals surface area contributed by atoms with Gasteiger partial charge >= 0.3 is 0 Å². The van der Waals surface area contributed by atoms with Gasteiger partial charge in [-0.15, -0.1) is 10.2 Å². The van der Waals surface area contributed by atoms with Crippen LogP contribution >= 0.6 is 11.8 Å². The lowest BCUT2D eigenvalue weighted by Crippen LogP contribution is -2.36. The number of nitrogens with zero attached hydrogens (tertiary/aromatic N) is 4. The average molecular weight is 391 g/mol. The molecule has 1 aromatic heterocycles. The summed E-state index contributed by atoms with van der Waals surface area (Å²) in [4.78, 5) is 14.6. The van der Waals surface area contributed by atoms with Crippen LogP contribution in [0.3, 0.4) is 0 Å². The number of morpholine rings is 1. The van der Waals surface area contributed by atoms with E-state index in [-0.39, 0.29) is 11.7 Å². The average Bonchev–Trinajstić information content (AvgIpc) is 3.08. The molecule has 2 aromatic rings. The summed E-state index contributed by atoms with van der Waals surface area (Å²) in [7, 11) is 1.60. The number of benzene rings is 1. The molecule has 1 aliphatic rings. The number of hydrogen-bond donors (Lipinski definition) is 1. The summed E-state index contributed by atoms with van der Waals surface area (Å²) in [5.74, 6) is 1.81. The first kappa shape index (κ1) is 19.7. The first-order valence-corrected chi connectivity index (χ1v) is 9.97. The predicted octanol–water partition coefficient (Wildman–Crippen LogP) is 1.87. The van der Waals surface area contributed by atoms with Gasteiger partial charge in [-0.1, -0.05) is 17.8 Å². The zero-order valence-corrected chi connectivity index (χ0v) is 16.5. The zero-order chi connectivity index (χ0) is 19.1. The van der Waals surface area contributed by atoms with Crippen LogP contribution in [-0.2, 0) is 22.6 Å².